The van der Waals surface area contributed by atoms with Crippen molar-refractivity contribution in [3.05, 3.63) is 70.2 Å². The van der Waals surface area contributed by atoms with Gasteiger partial charge in [0.1, 0.15) is 16.6 Å². The van der Waals surface area contributed by atoms with Crippen LogP contribution in [0.2, 0.25) is 0 Å². The molecule has 0 saturated heterocycles. The molecule has 3 amide bonds. The molecule has 138 valence electrons. The highest BCUT2D eigenvalue weighted by Crippen LogP contribution is 2.16. The van der Waals surface area contributed by atoms with E-state index in [0.29, 0.717) is 10.7 Å². The van der Waals surface area contributed by atoms with Crippen LogP contribution in [0.15, 0.2) is 48.5 Å². The molecule has 0 aliphatic carbocycles. The van der Waals surface area contributed by atoms with Gasteiger partial charge in [0.05, 0.1) is 12.2 Å². The van der Waals surface area contributed by atoms with Crippen molar-refractivity contribution in [1.82, 2.24) is 15.5 Å². The number of amides is 3. The predicted octanol–water partition coefficient (Wildman–Crippen LogP) is 3.39. The first-order valence-electron chi connectivity index (χ1n) is 7.70. The molecular formula is C17H13F2N5O2S. The minimum atomic E-state index is -0.762. The molecule has 27 heavy (non-hydrogen) atoms. The number of hydrogen-bond acceptors (Lipinski definition) is 5. The lowest BCUT2D eigenvalue weighted by molar-refractivity contribution is 0.102. The number of hydrogen-bond donors (Lipinski definition) is 3. The molecule has 3 rings (SSSR count). The van der Waals surface area contributed by atoms with Crippen LogP contribution in [0.5, 0.6) is 0 Å². The SMILES string of the molecule is O=C(NCc1nnc(C(=O)Nc2ccccc2)s1)Nc1cc(F)ccc1F. The first-order valence-corrected chi connectivity index (χ1v) is 8.51. The van der Waals surface area contributed by atoms with Gasteiger partial charge in [0.15, 0.2) is 0 Å². The fraction of sp³-hybridized carbons (Fsp3) is 0.0588. The van der Waals surface area contributed by atoms with Crippen molar-refractivity contribution in [2.45, 2.75) is 6.54 Å². The molecule has 0 fully saturated rings. The topological polar surface area (TPSA) is 96.0 Å². The number of halogens is 2. The molecule has 0 radical (unpaired) electrons. The fourth-order valence-electron chi connectivity index (χ4n) is 2.04. The second-order valence-corrected chi connectivity index (χ2v) is 6.32. The molecule has 0 saturated carbocycles. The van der Waals surface area contributed by atoms with E-state index in [2.05, 4.69) is 26.1 Å². The summed E-state index contributed by atoms with van der Waals surface area (Å²) in [4.78, 5) is 23.9. The zero-order valence-electron chi connectivity index (χ0n) is 13.7. The number of rotatable bonds is 5. The minimum absolute atomic E-state index is 0.0287. The van der Waals surface area contributed by atoms with Crippen molar-refractivity contribution in [2.75, 3.05) is 10.6 Å². The van der Waals surface area contributed by atoms with E-state index >= 15 is 0 Å². The summed E-state index contributed by atoms with van der Waals surface area (Å²) in [6, 6.07) is 10.8. The Morgan fingerprint density at radius 2 is 1.78 bits per heavy atom. The second kappa shape index (κ2) is 8.32. The average molecular weight is 389 g/mol. The van der Waals surface area contributed by atoms with Crippen LogP contribution in [-0.4, -0.2) is 22.1 Å². The molecule has 0 spiro atoms. The normalized spacial score (nSPS) is 10.3. The number of urea groups is 1. The standard InChI is InChI=1S/C17H13F2N5O2S/c18-10-6-7-12(19)13(8-10)22-17(26)20-9-14-23-24-16(27-14)15(25)21-11-4-2-1-3-5-11/h1-8H,9H2,(H,21,25)(H2,20,22,26). The fourth-order valence-corrected chi connectivity index (χ4v) is 2.71. The number of nitrogens with one attached hydrogen (secondary N) is 3. The van der Waals surface area contributed by atoms with Gasteiger partial charge in [0, 0.05) is 11.8 Å². The first-order chi connectivity index (χ1) is 13.0. The smallest absolute Gasteiger partial charge is 0.319 e. The maximum Gasteiger partial charge on any atom is 0.319 e. The van der Waals surface area contributed by atoms with Gasteiger partial charge in [-0.15, -0.1) is 10.2 Å². The van der Waals surface area contributed by atoms with E-state index in [1.165, 1.54) is 0 Å². The number of nitrogens with zero attached hydrogens (tertiary/aromatic N) is 2. The number of carbonyl (C=O) groups is 2. The van der Waals surface area contributed by atoms with Crippen molar-refractivity contribution in [2.24, 2.45) is 0 Å². The van der Waals surface area contributed by atoms with Crippen LogP contribution in [-0.2, 0) is 6.54 Å². The van der Waals surface area contributed by atoms with Crippen molar-refractivity contribution in [1.29, 1.82) is 0 Å². The maximum atomic E-state index is 13.5. The minimum Gasteiger partial charge on any atom is -0.331 e. The highest BCUT2D eigenvalue weighted by molar-refractivity contribution is 7.13. The third-order valence-electron chi connectivity index (χ3n) is 3.27. The van der Waals surface area contributed by atoms with Crippen LogP contribution in [0.25, 0.3) is 0 Å². The van der Waals surface area contributed by atoms with E-state index in [1.807, 2.05) is 6.07 Å². The third-order valence-corrected chi connectivity index (χ3v) is 4.19. The van der Waals surface area contributed by atoms with Gasteiger partial charge >= 0.3 is 6.03 Å². The number of para-hydroxylation sites is 1. The zero-order chi connectivity index (χ0) is 19.2. The molecule has 7 nitrogen and oxygen atoms in total. The Labute approximate surface area is 156 Å². The van der Waals surface area contributed by atoms with E-state index in [1.54, 1.807) is 24.3 Å². The number of carbonyl (C=O) groups excluding carboxylic acids is 2. The van der Waals surface area contributed by atoms with Crippen molar-refractivity contribution < 1.29 is 18.4 Å². The molecule has 0 aliphatic rings. The monoisotopic (exact) mass is 389 g/mol. The van der Waals surface area contributed by atoms with Crippen LogP contribution in [0.4, 0.5) is 25.0 Å². The molecule has 3 aromatic rings. The van der Waals surface area contributed by atoms with Crippen LogP contribution < -0.4 is 16.0 Å². The van der Waals surface area contributed by atoms with Gasteiger partial charge in [0.25, 0.3) is 5.91 Å². The summed E-state index contributed by atoms with van der Waals surface area (Å²) in [5.74, 6) is -1.86. The van der Waals surface area contributed by atoms with E-state index in [4.69, 9.17) is 0 Å². The van der Waals surface area contributed by atoms with Gasteiger partial charge < -0.3 is 16.0 Å². The lowest BCUT2D eigenvalue weighted by atomic mass is 10.3. The van der Waals surface area contributed by atoms with Crippen LogP contribution in [0, 0.1) is 11.6 Å². The third kappa shape index (κ3) is 5.05. The molecule has 0 aliphatic heterocycles. The molecule has 1 heterocycles. The van der Waals surface area contributed by atoms with E-state index < -0.39 is 23.6 Å². The van der Waals surface area contributed by atoms with E-state index in [9.17, 15) is 18.4 Å². The molecule has 2 aromatic carbocycles. The largest absolute Gasteiger partial charge is 0.331 e. The van der Waals surface area contributed by atoms with Gasteiger partial charge in [-0.05, 0) is 24.3 Å². The van der Waals surface area contributed by atoms with Gasteiger partial charge in [-0.1, -0.05) is 29.5 Å². The Morgan fingerprint density at radius 3 is 2.56 bits per heavy atom. The summed E-state index contributed by atoms with van der Waals surface area (Å²) in [5.41, 5.74) is 0.335. The van der Waals surface area contributed by atoms with Crippen molar-refractivity contribution >= 4 is 34.6 Å². The Morgan fingerprint density at radius 1 is 1.00 bits per heavy atom. The van der Waals surface area contributed by atoms with E-state index in [0.717, 1.165) is 29.5 Å². The van der Waals surface area contributed by atoms with Gasteiger partial charge in [-0.25, -0.2) is 13.6 Å². The molecule has 0 unspecified atom stereocenters. The number of anilines is 2. The number of benzene rings is 2. The van der Waals surface area contributed by atoms with Crippen LogP contribution >= 0.6 is 11.3 Å². The molecule has 3 N–H and O–H groups in total. The molecule has 0 atom stereocenters. The van der Waals surface area contributed by atoms with Gasteiger partial charge in [0.2, 0.25) is 5.01 Å². The summed E-state index contributed by atoms with van der Waals surface area (Å²) in [5, 5.41) is 15.4. The summed E-state index contributed by atoms with van der Waals surface area (Å²) in [6.45, 7) is -0.0287. The summed E-state index contributed by atoms with van der Waals surface area (Å²) in [7, 11) is 0. The van der Waals surface area contributed by atoms with Crippen LogP contribution in [0.3, 0.4) is 0 Å². The van der Waals surface area contributed by atoms with Crippen molar-refractivity contribution in [3.8, 4) is 0 Å². The van der Waals surface area contributed by atoms with Crippen molar-refractivity contribution in [3.63, 3.8) is 0 Å². The Hall–Kier alpha value is -3.40. The quantitative estimate of drug-likeness (QED) is 0.623. The Kier molecular flexibility index (Phi) is 5.67. The Bertz CT molecular complexity index is 965. The highest BCUT2D eigenvalue weighted by Gasteiger charge is 2.14. The summed E-state index contributed by atoms with van der Waals surface area (Å²) < 4.78 is 26.6. The summed E-state index contributed by atoms with van der Waals surface area (Å²) >= 11 is 1.00. The predicted molar refractivity (Wildman–Crippen MR) is 96.5 cm³/mol. The molecule has 10 heteroatoms. The highest BCUT2D eigenvalue weighted by atomic mass is 32.1. The lowest BCUT2D eigenvalue weighted by Crippen LogP contribution is -2.28. The zero-order valence-corrected chi connectivity index (χ0v) is 14.5. The lowest BCUT2D eigenvalue weighted by Gasteiger charge is -2.07. The number of aromatic nitrogens is 2. The van der Waals surface area contributed by atoms with E-state index in [-0.39, 0.29) is 17.2 Å². The maximum absolute atomic E-state index is 13.5. The average Bonchev–Trinajstić information content (AvgIpc) is 3.13. The van der Waals surface area contributed by atoms with Gasteiger partial charge in [-0.2, -0.15) is 0 Å². The Balaban J connectivity index is 1.54. The molecule has 1 aromatic heterocycles. The molecular weight excluding hydrogens is 376 g/mol. The van der Waals surface area contributed by atoms with Crippen LogP contribution in [0.1, 0.15) is 14.8 Å². The summed E-state index contributed by atoms with van der Waals surface area (Å²) in [6.07, 6.45) is 0. The first kappa shape index (κ1) is 18.4. The molecule has 0 bridgehead atoms. The van der Waals surface area contributed by atoms with Gasteiger partial charge in [-0.3, -0.25) is 4.79 Å². The second-order valence-electron chi connectivity index (χ2n) is 5.25.